The molecule has 9 heteroatoms. The molecule has 2 aromatic carbocycles. The molecule has 3 fully saturated rings. The summed E-state index contributed by atoms with van der Waals surface area (Å²) in [7, 11) is 0. The van der Waals surface area contributed by atoms with Crippen molar-refractivity contribution in [1.29, 1.82) is 0 Å². The van der Waals surface area contributed by atoms with Crippen LogP contribution >= 0.6 is 27.7 Å². The first-order valence-corrected chi connectivity index (χ1v) is 16.4. The summed E-state index contributed by atoms with van der Waals surface area (Å²) in [4.78, 5) is 34.1. The molecule has 1 heterocycles. The molecule has 0 aromatic heterocycles. The average Bonchev–Trinajstić information content (AvgIpc) is 3.28. The molecule has 0 spiro atoms. The molecule has 0 atom stereocenters. The summed E-state index contributed by atoms with van der Waals surface area (Å²) in [5.74, 6) is 0.739. The molecule has 7 nitrogen and oxygen atoms in total. The fourth-order valence-corrected chi connectivity index (χ4v) is 7.37. The number of nitrogens with zero attached hydrogens (tertiary/aromatic N) is 2. The van der Waals surface area contributed by atoms with Crippen LogP contribution in [0.2, 0.25) is 0 Å². The number of ether oxygens (including phenoxy) is 2. The molecule has 5 rings (SSSR count). The van der Waals surface area contributed by atoms with E-state index in [1.54, 1.807) is 0 Å². The van der Waals surface area contributed by atoms with Crippen molar-refractivity contribution in [1.82, 2.24) is 4.90 Å². The predicted molar refractivity (Wildman–Crippen MR) is 169 cm³/mol. The van der Waals surface area contributed by atoms with Crippen molar-refractivity contribution in [3.63, 3.8) is 0 Å². The molecule has 2 saturated carbocycles. The molecular weight excluding hydrogens is 602 g/mol. The van der Waals surface area contributed by atoms with E-state index in [9.17, 15) is 9.59 Å². The molecule has 218 valence electrons. The summed E-state index contributed by atoms with van der Waals surface area (Å²) in [5.41, 5.74) is 1.53. The first-order valence-electron chi connectivity index (χ1n) is 14.8. The normalized spacial score (nSPS) is 20.5. The summed E-state index contributed by atoms with van der Waals surface area (Å²) in [6.07, 6.45) is 13.4. The Kier molecular flexibility index (Phi) is 10.4. The lowest BCUT2D eigenvalue weighted by molar-refractivity contribution is -0.124. The monoisotopic (exact) mass is 639 g/mol. The van der Waals surface area contributed by atoms with E-state index in [0.717, 1.165) is 49.3 Å². The Morgan fingerprint density at radius 2 is 1.76 bits per heavy atom. The predicted octanol–water partition coefficient (Wildman–Crippen LogP) is 7.80. The topological polar surface area (TPSA) is 80.2 Å². The van der Waals surface area contributed by atoms with E-state index in [4.69, 9.17) is 14.5 Å². The van der Waals surface area contributed by atoms with Crippen LogP contribution in [0, 0.1) is 0 Å². The molecule has 1 aliphatic heterocycles. The van der Waals surface area contributed by atoms with Crippen LogP contribution in [0.25, 0.3) is 6.08 Å². The lowest BCUT2D eigenvalue weighted by atomic mass is 9.94. The third kappa shape index (κ3) is 7.74. The fraction of sp³-hybridized carbons (Fsp3) is 0.469. The van der Waals surface area contributed by atoms with Crippen LogP contribution in [0.3, 0.4) is 0 Å². The number of thioether (sulfide) groups is 1. The minimum Gasteiger partial charge on any atom is -0.490 e. The van der Waals surface area contributed by atoms with Gasteiger partial charge in [0.15, 0.2) is 23.3 Å². The number of nitrogens with one attached hydrogen (secondary N) is 1. The average molecular weight is 641 g/mol. The first kappa shape index (κ1) is 29.7. The summed E-state index contributed by atoms with van der Waals surface area (Å²) in [6.45, 7) is 2.16. The number of para-hydroxylation sites is 1. The second-order valence-electron chi connectivity index (χ2n) is 10.7. The molecule has 2 amide bonds. The van der Waals surface area contributed by atoms with E-state index in [0.29, 0.717) is 39.2 Å². The zero-order valence-electron chi connectivity index (χ0n) is 23.6. The SMILES string of the molecule is CCOc1cc(C=C2SC(=NC3CCCCC3)N(C3CCCCC3)C2=O)cc(Br)c1OCC(=O)Nc1ccccc1. The molecule has 2 aliphatic carbocycles. The minimum absolute atomic E-state index is 0.0449. The Labute approximate surface area is 255 Å². The van der Waals surface area contributed by atoms with Gasteiger partial charge < -0.3 is 14.8 Å². The highest BCUT2D eigenvalue weighted by atomic mass is 79.9. The molecule has 3 aliphatic rings. The van der Waals surface area contributed by atoms with Gasteiger partial charge in [-0.3, -0.25) is 19.5 Å². The largest absolute Gasteiger partial charge is 0.490 e. The van der Waals surface area contributed by atoms with Gasteiger partial charge in [-0.2, -0.15) is 0 Å². The zero-order valence-corrected chi connectivity index (χ0v) is 26.0. The number of rotatable bonds is 9. The van der Waals surface area contributed by atoms with Crippen molar-refractivity contribution in [2.75, 3.05) is 18.5 Å². The van der Waals surface area contributed by atoms with Crippen LogP contribution in [0.15, 0.2) is 56.8 Å². The minimum atomic E-state index is -0.266. The van der Waals surface area contributed by atoms with E-state index in [1.165, 1.54) is 37.4 Å². The van der Waals surface area contributed by atoms with Crippen molar-refractivity contribution >= 4 is 56.4 Å². The molecule has 1 saturated heterocycles. The Hall–Kier alpha value is -2.78. The first-order chi connectivity index (χ1) is 20.0. The number of anilines is 1. The highest BCUT2D eigenvalue weighted by Gasteiger charge is 2.39. The summed E-state index contributed by atoms with van der Waals surface area (Å²) >= 11 is 5.11. The van der Waals surface area contributed by atoms with Gasteiger partial charge in [0.1, 0.15) is 0 Å². The van der Waals surface area contributed by atoms with E-state index in [2.05, 4.69) is 21.2 Å². The molecule has 0 unspecified atom stereocenters. The van der Waals surface area contributed by atoms with Gasteiger partial charge in [0, 0.05) is 11.7 Å². The van der Waals surface area contributed by atoms with E-state index >= 15 is 0 Å². The number of hydrogen-bond acceptors (Lipinski definition) is 6. The number of amides is 2. The lowest BCUT2D eigenvalue weighted by Gasteiger charge is -2.31. The molecular formula is C32H38BrN3O4S. The van der Waals surface area contributed by atoms with Crippen LogP contribution in [0.4, 0.5) is 5.69 Å². The van der Waals surface area contributed by atoms with Crippen molar-refractivity contribution in [2.45, 2.75) is 83.2 Å². The van der Waals surface area contributed by atoms with Crippen LogP contribution < -0.4 is 14.8 Å². The Balaban J connectivity index is 1.36. The standard InChI is InChI=1S/C32H38BrN3O4S/c1-2-39-27-19-22(18-26(33)30(27)40-21-29(37)34-23-12-6-3-7-13-23)20-28-31(38)36(25-16-10-5-11-17-25)32(41-28)35-24-14-8-4-9-15-24/h3,6-7,12-13,18-20,24-25H,2,4-5,8-11,14-17,21H2,1H3,(H,34,37). The van der Waals surface area contributed by atoms with Crippen LogP contribution in [0.1, 0.15) is 76.7 Å². The summed E-state index contributed by atoms with van der Waals surface area (Å²) in [6, 6.07) is 13.6. The maximum absolute atomic E-state index is 13.8. The van der Waals surface area contributed by atoms with E-state index in [1.807, 2.05) is 60.4 Å². The Morgan fingerprint density at radius 1 is 1.05 bits per heavy atom. The van der Waals surface area contributed by atoms with E-state index < -0.39 is 0 Å². The van der Waals surface area contributed by atoms with Gasteiger partial charge in [-0.15, -0.1) is 0 Å². The molecule has 0 bridgehead atoms. The van der Waals surface area contributed by atoms with Gasteiger partial charge in [0.05, 0.1) is 22.0 Å². The van der Waals surface area contributed by atoms with Crippen molar-refractivity contribution in [3.05, 3.63) is 57.4 Å². The van der Waals surface area contributed by atoms with Crippen LogP contribution in [0.5, 0.6) is 11.5 Å². The lowest BCUT2D eigenvalue weighted by Crippen LogP contribution is -2.41. The number of hydrogen-bond donors (Lipinski definition) is 1. The summed E-state index contributed by atoms with van der Waals surface area (Å²) < 4.78 is 12.4. The number of aliphatic imine (C=N–C) groups is 1. The van der Waals surface area contributed by atoms with Crippen LogP contribution in [-0.2, 0) is 9.59 Å². The second-order valence-corrected chi connectivity index (χ2v) is 12.6. The van der Waals surface area contributed by atoms with Gasteiger partial charge in [0.25, 0.3) is 11.8 Å². The van der Waals surface area contributed by atoms with Gasteiger partial charge in [0.2, 0.25) is 0 Å². The molecule has 1 N–H and O–H groups in total. The van der Waals surface area contributed by atoms with Crippen molar-refractivity contribution in [3.8, 4) is 11.5 Å². The highest BCUT2D eigenvalue weighted by molar-refractivity contribution is 9.10. The number of carbonyl (C=O) groups is 2. The Bertz CT molecular complexity index is 1290. The molecule has 41 heavy (non-hydrogen) atoms. The van der Waals surface area contributed by atoms with Crippen molar-refractivity contribution in [2.24, 2.45) is 4.99 Å². The van der Waals surface area contributed by atoms with Crippen LogP contribution in [-0.4, -0.2) is 47.2 Å². The van der Waals surface area contributed by atoms with Gasteiger partial charge >= 0.3 is 0 Å². The van der Waals surface area contributed by atoms with E-state index in [-0.39, 0.29) is 24.5 Å². The Morgan fingerprint density at radius 3 is 2.46 bits per heavy atom. The zero-order chi connectivity index (χ0) is 28.6. The van der Waals surface area contributed by atoms with Gasteiger partial charge in [-0.1, -0.05) is 56.7 Å². The fourth-order valence-electron chi connectivity index (χ4n) is 5.69. The van der Waals surface area contributed by atoms with Gasteiger partial charge in [-0.25, -0.2) is 0 Å². The smallest absolute Gasteiger partial charge is 0.266 e. The van der Waals surface area contributed by atoms with Crippen molar-refractivity contribution < 1.29 is 19.1 Å². The molecule has 0 radical (unpaired) electrons. The number of halogens is 1. The number of amidine groups is 1. The highest BCUT2D eigenvalue weighted by Crippen LogP contribution is 2.41. The van der Waals surface area contributed by atoms with Gasteiger partial charge in [-0.05, 0) is 96.2 Å². The third-order valence-corrected chi connectivity index (χ3v) is 9.27. The second kappa shape index (κ2) is 14.4. The molecule has 2 aromatic rings. The summed E-state index contributed by atoms with van der Waals surface area (Å²) in [5, 5.41) is 3.70. The number of benzene rings is 2. The third-order valence-electron chi connectivity index (χ3n) is 7.68. The maximum atomic E-state index is 13.8. The number of carbonyl (C=O) groups excluding carboxylic acids is 2. The quantitative estimate of drug-likeness (QED) is 0.283. The maximum Gasteiger partial charge on any atom is 0.266 e.